The van der Waals surface area contributed by atoms with E-state index in [1.54, 1.807) is 6.07 Å². The van der Waals surface area contributed by atoms with Crippen molar-refractivity contribution in [2.45, 2.75) is 4.90 Å². The third-order valence-corrected chi connectivity index (χ3v) is 3.72. The normalized spacial score (nSPS) is 11.4. The van der Waals surface area contributed by atoms with Gasteiger partial charge >= 0.3 is 0 Å². The number of methoxy groups -OCH3 is 1. The van der Waals surface area contributed by atoms with Gasteiger partial charge in [-0.05, 0) is 18.2 Å². The van der Waals surface area contributed by atoms with Crippen LogP contribution in [-0.2, 0) is 19.4 Å². The minimum Gasteiger partial charge on any atom is -0.377 e. The molecule has 88 valence electrons. The van der Waals surface area contributed by atoms with Crippen LogP contribution in [0.2, 0.25) is 5.02 Å². The summed E-state index contributed by atoms with van der Waals surface area (Å²) in [6.07, 6.45) is 0. The number of halogens is 1. The lowest BCUT2D eigenvalue weighted by Gasteiger charge is -2.03. The van der Waals surface area contributed by atoms with E-state index in [0.29, 0.717) is 5.02 Å². The van der Waals surface area contributed by atoms with Crippen LogP contribution in [0, 0.1) is 0 Å². The molecule has 0 aliphatic rings. The number of sulfone groups is 1. The number of hydrogen-bond acceptors (Lipinski definition) is 4. The summed E-state index contributed by atoms with van der Waals surface area (Å²) in [5.41, 5.74) is 0. The Morgan fingerprint density at radius 2 is 2.12 bits per heavy atom. The molecule has 1 rings (SSSR count). The Morgan fingerprint density at radius 3 is 2.69 bits per heavy atom. The average Bonchev–Trinajstić information content (AvgIpc) is 2.17. The Kier molecular flexibility index (Phi) is 4.46. The van der Waals surface area contributed by atoms with E-state index in [2.05, 4.69) is 4.74 Å². The quantitative estimate of drug-likeness (QED) is 0.803. The zero-order valence-corrected chi connectivity index (χ0v) is 10.2. The molecule has 0 unspecified atom stereocenters. The minimum atomic E-state index is -3.62. The molecule has 4 nitrogen and oxygen atoms in total. The lowest BCUT2D eigenvalue weighted by Crippen LogP contribution is -2.19. The maximum atomic E-state index is 11.7. The molecule has 0 atom stereocenters. The van der Waals surface area contributed by atoms with Crippen LogP contribution >= 0.6 is 11.6 Å². The van der Waals surface area contributed by atoms with E-state index in [1.165, 1.54) is 25.3 Å². The van der Waals surface area contributed by atoms with Gasteiger partial charge in [0.15, 0.2) is 15.6 Å². The molecule has 0 aromatic heterocycles. The van der Waals surface area contributed by atoms with Gasteiger partial charge in [-0.15, -0.1) is 0 Å². The molecule has 6 heteroatoms. The van der Waals surface area contributed by atoms with Crippen LogP contribution in [0.15, 0.2) is 29.2 Å². The molecule has 1 aromatic carbocycles. The van der Waals surface area contributed by atoms with Crippen molar-refractivity contribution < 1.29 is 17.9 Å². The first kappa shape index (κ1) is 13.2. The summed E-state index contributed by atoms with van der Waals surface area (Å²) in [6, 6.07) is 5.81. The fraction of sp³-hybridized carbons (Fsp3) is 0.300. The van der Waals surface area contributed by atoms with Gasteiger partial charge in [0, 0.05) is 12.1 Å². The van der Waals surface area contributed by atoms with E-state index >= 15 is 0 Å². The zero-order valence-electron chi connectivity index (χ0n) is 8.64. The molecule has 0 amide bonds. The summed E-state index contributed by atoms with van der Waals surface area (Å²) in [5, 5.41) is 0.320. The van der Waals surface area contributed by atoms with Crippen LogP contribution in [-0.4, -0.2) is 33.7 Å². The third-order valence-electron chi connectivity index (χ3n) is 1.81. The standard InChI is InChI=1S/C10H11ClO4S/c1-15-6-9(12)7-16(13,14)10-4-2-3-8(11)5-10/h2-5H,6-7H2,1H3. The molecule has 0 fully saturated rings. The minimum absolute atomic E-state index is 0.0458. The number of benzene rings is 1. The Labute approximate surface area is 99.1 Å². The number of carbonyl (C=O) groups is 1. The molecular weight excluding hydrogens is 252 g/mol. The monoisotopic (exact) mass is 262 g/mol. The van der Waals surface area contributed by atoms with Gasteiger partial charge in [0.25, 0.3) is 0 Å². The molecule has 0 bridgehead atoms. The fourth-order valence-electron chi connectivity index (χ4n) is 1.16. The van der Waals surface area contributed by atoms with Gasteiger partial charge in [0.2, 0.25) is 0 Å². The maximum Gasteiger partial charge on any atom is 0.185 e. The number of ether oxygens (including phenoxy) is 1. The highest BCUT2D eigenvalue weighted by atomic mass is 35.5. The average molecular weight is 263 g/mol. The van der Waals surface area contributed by atoms with Gasteiger partial charge in [-0.25, -0.2) is 8.42 Å². The maximum absolute atomic E-state index is 11.7. The van der Waals surface area contributed by atoms with E-state index in [9.17, 15) is 13.2 Å². The Balaban J connectivity index is 2.90. The van der Waals surface area contributed by atoms with E-state index in [1.807, 2.05) is 0 Å². The van der Waals surface area contributed by atoms with Crippen molar-refractivity contribution in [3.63, 3.8) is 0 Å². The van der Waals surface area contributed by atoms with Crippen LogP contribution in [0.1, 0.15) is 0 Å². The van der Waals surface area contributed by atoms with E-state index in [4.69, 9.17) is 11.6 Å². The molecule has 0 spiro atoms. The summed E-state index contributed by atoms with van der Waals surface area (Å²) in [6.45, 7) is -0.209. The van der Waals surface area contributed by atoms with Crippen molar-refractivity contribution in [3.8, 4) is 0 Å². The summed E-state index contributed by atoms with van der Waals surface area (Å²) in [4.78, 5) is 11.2. The lowest BCUT2D eigenvalue weighted by atomic mass is 10.4. The van der Waals surface area contributed by atoms with Crippen LogP contribution < -0.4 is 0 Å². The van der Waals surface area contributed by atoms with Crippen LogP contribution in [0.4, 0.5) is 0 Å². The van der Waals surface area contributed by atoms with E-state index < -0.39 is 21.4 Å². The number of hydrogen-bond donors (Lipinski definition) is 0. The first-order valence-electron chi connectivity index (χ1n) is 4.44. The molecule has 0 N–H and O–H groups in total. The van der Waals surface area contributed by atoms with Crippen LogP contribution in [0.5, 0.6) is 0 Å². The topological polar surface area (TPSA) is 60.4 Å². The van der Waals surface area contributed by atoms with Crippen molar-refractivity contribution in [2.75, 3.05) is 19.5 Å². The molecule has 0 aliphatic carbocycles. The van der Waals surface area contributed by atoms with Crippen LogP contribution in [0.3, 0.4) is 0 Å². The predicted molar refractivity (Wildman–Crippen MR) is 60.4 cm³/mol. The highest BCUT2D eigenvalue weighted by Crippen LogP contribution is 2.16. The summed E-state index contributed by atoms with van der Waals surface area (Å²) in [7, 11) is -2.28. The van der Waals surface area contributed by atoms with Gasteiger partial charge < -0.3 is 4.74 Å². The third kappa shape index (κ3) is 3.59. The van der Waals surface area contributed by atoms with Crippen molar-refractivity contribution in [1.82, 2.24) is 0 Å². The van der Waals surface area contributed by atoms with Crippen molar-refractivity contribution in [3.05, 3.63) is 29.3 Å². The molecule has 0 saturated carbocycles. The largest absolute Gasteiger partial charge is 0.377 e. The van der Waals surface area contributed by atoms with Gasteiger partial charge in [0.1, 0.15) is 12.4 Å². The Bertz CT molecular complexity index is 481. The second-order valence-electron chi connectivity index (χ2n) is 3.19. The number of Topliss-reactive ketones (excluding diaryl/α,β-unsaturated/α-hetero) is 1. The number of carbonyl (C=O) groups excluding carboxylic acids is 1. The fourth-order valence-corrected chi connectivity index (χ4v) is 2.68. The molecule has 1 aromatic rings. The van der Waals surface area contributed by atoms with Crippen molar-refractivity contribution in [2.24, 2.45) is 0 Å². The first-order chi connectivity index (χ1) is 7.45. The molecule has 0 heterocycles. The lowest BCUT2D eigenvalue weighted by molar-refractivity contribution is -0.120. The zero-order chi connectivity index (χ0) is 12.2. The Morgan fingerprint density at radius 1 is 1.44 bits per heavy atom. The van der Waals surface area contributed by atoms with E-state index in [-0.39, 0.29) is 11.5 Å². The van der Waals surface area contributed by atoms with Crippen molar-refractivity contribution >= 4 is 27.2 Å². The molecule has 0 radical (unpaired) electrons. The predicted octanol–water partition coefficient (Wildman–Crippen LogP) is 1.33. The highest BCUT2D eigenvalue weighted by molar-refractivity contribution is 7.92. The Hall–Kier alpha value is -0.910. The summed E-state index contributed by atoms with van der Waals surface area (Å²) >= 11 is 5.67. The highest BCUT2D eigenvalue weighted by Gasteiger charge is 2.19. The molecule has 16 heavy (non-hydrogen) atoms. The smallest absolute Gasteiger partial charge is 0.185 e. The SMILES string of the molecule is COCC(=O)CS(=O)(=O)c1cccc(Cl)c1. The van der Waals surface area contributed by atoms with E-state index in [0.717, 1.165) is 0 Å². The second-order valence-corrected chi connectivity index (χ2v) is 5.61. The van der Waals surface area contributed by atoms with Gasteiger partial charge in [0.05, 0.1) is 4.90 Å². The van der Waals surface area contributed by atoms with Gasteiger partial charge in [-0.3, -0.25) is 4.79 Å². The molecule has 0 aliphatic heterocycles. The summed E-state index contributed by atoms with van der Waals surface area (Å²) < 4.78 is 28.0. The van der Waals surface area contributed by atoms with Crippen LogP contribution in [0.25, 0.3) is 0 Å². The van der Waals surface area contributed by atoms with Crippen molar-refractivity contribution in [1.29, 1.82) is 0 Å². The van der Waals surface area contributed by atoms with Gasteiger partial charge in [-0.2, -0.15) is 0 Å². The summed E-state index contributed by atoms with van der Waals surface area (Å²) in [5.74, 6) is -1.05. The second kappa shape index (κ2) is 5.43. The number of rotatable bonds is 5. The molecule has 0 saturated heterocycles. The number of ketones is 1. The molecular formula is C10H11ClO4S. The first-order valence-corrected chi connectivity index (χ1v) is 6.47. The van der Waals surface area contributed by atoms with Gasteiger partial charge in [-0.1, -0.05) is 17.7 Å².